The molecular formula is C63H104O12. The maximum Gasteiger partial charge on any atom is 0.335 e. The summed E-state index contributed by atoms with van der Waals surface area (Å²) >= 11 is 0. The highest BCUT2D eigenvalue weighted by Gasteiger charge is 2.50. The first-order valence-electron chi connectivity index (χ1n) is 29.6. The second-order valence-electron chi connectivity index (χ2n) is 19.9. The monoisotopic (exact) mass is 1050 g/mol. The fraction of sp³-hybridized carbons (Fsp3) is 0.714. The van der Waals surface area contributed by atoms with E-state index in [1.54, 1.807) is 0 Å². The van der Waals surface area contributed by atoms with Gasteiger partial charge >= 0.3 is 23.9 Å². The van der Waals surface area contributed by atoms with Crippen molar-refractivity contribution < 1.29 is 58.2 Å². The Morgan fingerprint density at radius 3 is 1.35 bits per heavy atom. The lowest BCUT2D eigenvalue weighted by Gasteiger charge is -2.40. The highest BCUT2D eigenvalue weighted by Crippen LogP contribution is 2.26. The van der Waals surface area contributed by atoms with Gasteiger partial charge in [-0.25, -0.2) is 4.79 Å². The Hall–Kier alpha value is -4.10. The lowest BCUT2D eigenvalue weighted by atomic mass is 9.98. The zero-order valence-electron chi connectivity index (χ0n) is 47.0. The van der Waals surface area contributed by atoms with Crippen molar-refractivity contribution in [3.63, 3.8) is 0 Å². The molecule has 1 aliphatic rings. The van der Waals surface area contributed by atoms with Gasteiger partial charge in [-0.05, 0) is 116 Å². The van der Waals surface area contributed by atoms with Gasteiger partial charge < -0.3 is 39.0 Å². The lowest BCUT2D eigenvalue weighted by molar-refractivity contribution is -0.301. The standard InChI is InChI=1S/C63H104O12/c1-4-7-10-13-16-19-22-25-27-28-30-32-34-37-40-43-46-49-55(64)71-52-54(73-56(65)50-47-44-41-38-36-33-29-26-23-20-17-14-11-8-5-2)53-72-63-61(59(68)58(67)60(75-63)62(69)70)74-57(66)51-48-45-42-39-35-31-24-21-18-15-12-9-6-3/h8,11,16-17,19-21,24-27,29,36,38,54,58-61,63,67-68H,4-7,9-10,12-15,18,22-23,28,30-35,37,39-53H2,1-3H3,(H,69,70)/b11-8-,19-16-,20-17-,24-21-,27-25-,29-26-,38-36-. The Kier molecular flexibility index (Phi) is 46.6. The SMILES string of the molecule is CC/C=C\C/C=C\C/C=C\C/C=C\CCCCC(=O)OC(COC(=O)CCCCCCCCC/C=C\C/C=C\CCCCC)COC1OC(C(=O)O)C(O)C(O)C1OC(=O)CCCCCCC/C=C\CCCCCC. The van der Waals surface area contributed by atoms with Gasteiger partial charge in [0.2, 0.25) is 0 Å². The Bertz CT molecular complexity index is 1630. The second-order valence-corrected chi connectivity index (χ2v) is 19.9. The third-order valence-electron chi connectivity index (χ3n) is 12.9. The van der Waals surface area contributed by atoms with Crippen LogP contribution in [0, 0.1) is 0 Å². The average Bonchev–Trinajstić information content (AvgIpc) is 3.39. The smallest absolute Gasteiger partial charge is 0.335 e. The van der Waals surface area contributed by atoms with Crippen LogP contribution in [-0.2, 0) is 42.9 Å². The molecule has 0 radical (unpaired) electrons. The zero-order chi connectivity index (χ0) is 54.7. The van der Waals surface area contributed by atoms with Gasteiger partial charge in [-0.1, -0.05) is 189 Å². The summed E-state index contributed by atoms with van der Waals surface area (Å²) in [5, 5.41) is 31.5. The fourth-order valence-electron chi connectivity index (χ4n) is 8.38. The van der Waals surface area contributed by atoms with Crippen molar-refractivity contribution in [2.75, 3.05) is 13.2 Å². The van der Waals surface area contributed by atoms with Gasteiger partial charge in [0.15, 0.2) is 24.6 Å². The lowest BCUT2D eigenvalue weighted by Crippen LogP contribution is -2.61. The first kappa shape index (κ1) is 68.9. The molecule has 1 fully saturated rings. The Labute approximate surface area is 454 Å². The molecule has 0 aromatic heterocycles. The molecule has 6 unspecified atom stereocenters. The van der Waals surface area contributed by atoms with Crippen LogP contribution >= 0.6 is 0 Å². The number of hydrogen-bond acceptors (Lipinski definition) is 11. The van der Waals surface area contributed by atoms with Gasteiger partial charge in [-0.15, -0.1) is 0 Å². The molecule has 0 aromatic rings. The largest absolute Gasteiger partial charge is 0.479 e. The maximum atomic E-state index is 13.1. The van der Waals surface area contributed by atoms with Gasteiger partial charge in [0.25, 0.3) is 0 Å². The third kappa shape index (κ3) is 40.8. The molecule has 12 heteroatoms. The quantitative estimate of drug-likeness (QED) is 0.0228. The van der Waals surface area contributed by atoms with E-state index in [-0.39, 0.29) is 25.9 Å². The number of carboxylic acid groups (broad SMARTS) is 1. The summed E-state index contributed by atoms with van der Waals surface area (Å²) in [4.78, 5) is 51.1. The molecule has 1 saturated heterocycles. The molecule has 75 heavy (non-hydrogen) atoms. The topological polar surface area (TPSA) is 175 Å². The molecule has 428 valence electrons. The number of rotatable bonds is 49. The van der Waals surface area contributed by atoms with Crippen molar-refractivity contribution in [3.8, 4) is 0 Å². The Balaban J connectivity index is 2.73. The van der Waals surface area contributed by atoms with E-state index >= 15 is 0 Å². The highest BCUT2D eigenvalue weighted by atomic mass is 16.7. The zero-order valence-corrected chi connectivity index (χ0v) is 47.0. The predicted molar refractivity (Wildman–Crippen MR) is 303 cm³/mol. The van der Waals surface area contributed by atoms with Crippen LogP contribution in [0.5, 0.6) is 0 Å². The minimum Gasteiger partial charge on any atom is -0.479 e. The van der Waals surface area contributed by atoms with E-state index in [2.05, 4.69) is 106 Å². The fourth-order valence-corrected chi connectivity index (χ4v) is 8.38. The molecule has 0 amide bonds. The average molecular weight is 1050 g/mol. The van der Waals surface area contributed by atoms with Crippen molar-refractivity contribution in [3.05, 3.63) is 85.1 Å². The molecular weight excluding hydrogens is 949 g/mol. The van der Waals surface area contributed by atoms with Crippen LogP contribution < -0.4 is 0 Å². The molecule has 0 aliphatic carbocycles. The van der Waals surface area contributed by atoms with Crippen LogP contribution in [0.2, 0.25) is 0 Å². The molecule has 1 aliphatic heterocycles. The number of aliphatic hydroxyl groups excluding tert-OH is 2. The summed E-state index contributed by atoms with van der Waals surface area (Å²) in [6.07, 6.45) is 52.7. The van der Waals surface area contributed by atoms with E-state index in [4.69, 9.17) is 23.7 Å². The summed E-state index contributed by atoms with van der Waals surface area (Å²) in [6.45, 7) is 5.79. The molecule has 0 bridgehead atoms. The van der Waals surface area contributed by atoms with Crippen LogP contribution in [0.15, 0.2) is 85.1 Å². The summed E-state index contributed by atoms with van der Waals surface area (Å²) in [7, 11) is 0. The maximum absolute atomic E-state index is 13.1. The van der Waals surface area contributed by atoms with Crippen LogP contribution in [0.3, 0.4) is 0 Å². The minimum atomic E-state index is -1.92. The predicted octanol–water partition coefficient (Wildman–Crippen LogP) is 15.1. The molecule has 1 heterocycles. The number of carbonyl (C=O) groups is 4. The van der Waals surface area contributed by atoms with E-state index in [0.717, 1.165) is 116 Å². The minimum absolute atomic E-state index is 0.0418. The van der Waals surface area contributed by atoms with E-state index in [1.807, 2.05) is 0 Å². The number of carboxylic acids is 1. The van der Waals surface area contributed by atoms with E-state index in [0.29, 0.717) is 19.3 Å². The highest BCUT2D eigenvalue weighted by molar-refractivity contribution is 5.74. The number of ether oxygens (including phenoxy) is 5. The Morgan fingerprint density at radius 1 is 0.453 bits per heavy atom. The van der Waals surface area contributed by atoms with Crippen molar-refractivity contribution in [2.24, 2.45) is 0 Å². The number of hydrogen-bond donors (Lipinski definition) is 3. The number of aliphatic hydroxyl groups is 2. The third-order valence-corrected chi connectivity index (χ3v) is 12.9. The number of unbranched alkanes of at least 4 members (excludes halogenated alkanes) is 21. The first-order chi connectivity index (χ1) is 36.6. The van der Waals surface area contributed by atoms with Crippen molar-refractivity contribution >= 4 is 23.9 Å². The summed E-state index contributed by atoms with van der Waals surface area (Å²) < 4.78 is 28.4. The van der Waals surface area contributed by atoms with Gasteiger partial charge in [0.05, 0.1) is 6.61 Å². The molecule has 3 N–H and O–H groups in total. The summed E-state index contributed by atoms with van der Waals surface area (Å²) in [6, 6.07) is 0. The van der Waals surface area contributed by atoms with E-state index in [9.17, 15) is 34.5 Å². The molecule has 12 nitrogen and oxygen atoms in total. The molecule has 1 rings (SSSR count). The number of carbonyl (C=O) groups excluding carboxylic acids is 3. The molecule has 0 saturated carbocycles. The van der Waals surface area contributed by atoms with Gasteiger partial charge in [0, 0.05) is 19.3 Å². The number of esters is 3. The van der Waals surface area contributed by atoms with E-state index in [1.165, 1.54) is 64.2 Å². The molecule has 6 atom stereocenters. The van der Waals surface area contributed by atoms with Crippen LogP contribution in [0.25, 0.3) is 0 Å². The van der Waals surface area contributed by atoms with Crippen molar-refractivity contribution in [1.29, 1.82) is 0 Å². The first-order valence-corrected chi connectivity index (χ1v) is 29.6. The number of aliphatic carboxylic acids is 1. The van der Waals surface area contributed by atoms with Crippen LogP contribution in [0.1, 0.15) is 239 Å². The summed E-state index contributed by atoms with van der Waals surface area (Å²) in [5.41, 5.74) is 0. The van der Waals surface area contributed by atoms with Crippen LogP contribution in [0.4, 0.5) is 0 Å². The van der Waals surface area contributed by atoms with Crippen LogP contribution in [-0.4, -0.2) is 89.2 Å². The van der Waals surface area contributed by atoms with Gasteiger partial charge in [-0.3, -0.25) is 14.4 Å². The Morgan fingerprint density at radius 2 is 0.840 bits per heavy atom. The normalized spacial score (nSPS) is 18.8. The van der Waals surface area contributed by atoms with E-state index < -0.39 is 67.3 Å². The van der Waals surface area contributed by atoms with Crippen molar-refractivity contribution in [2.45, 2.75) is 276 Å². The van der Waals surface area contributed by atoms with Gasteiger partial charge in [-0.2, -0.15) is 0 Å². The summed E-state index contributed by atoms with van der Waals surface area (Å²) in [5.74, 6) is -3.20. The second kappa shape index (κ2) is 50.7. The molecule has 0 spiro atoms. The van der Waals surface area contributed by atoms with Gasteiger partial charge in [0.1, 0.15) is 18.8 Å². The number of allylic oxidation sites excluding steroid dienone is 14. The van der Waals surface area contributed by atoms with Crippen molar-refractivity contribution in [1.82, 2.24) is 0 Å². The molecule has 0 aromatic carbocycles.